The standard InChI is InChI=1S/C22H24P2.3C2H6/c23-15-21-9-5-19(6-10-21)13-17-1-2-18(4-3-17)14-20-7-11-22(16-24)12-8-20;3*1-2/h1-12H,13-16,23-24H2;3*1-2H3. The molecule has 0 N–H and O–H groups in total. The van der Waals surface area contributed by atoms with Crippen molar-refractivity contribution in [3.05, 3.63) is 106 Å². The molecule has 0 bridgehead atoms. The first-order valence-corrected chi connectivity index (χ1v) is 13.0. The molecule has 2 unspecified atom stereocenters. The van der Waals surface area contributed by atoms with Crippen LogP contribution in [-0.2, 0) is 25.2 Å². The molecule has 164 valence electrons. The molecule has 2 heteroatoms. The van der Waals surface area contributed by atoms with Crippen LogP contribution in [0.15, 0.2) is 72.8 Å². The highest BCUT2D eigenvalue weighted by Gasteiger charge is 2.00. The van der Waals surface area contributed by atoms with Gasteiger partial charge in [0.15, 0.2) is 0 Å². The predicted octanol–water partition coefficient (Wildman–Crippen LogP) is 8.70. The molecule has 0 nitrogen and oxygen atoms in total. The third kappa shape index (κ3) is 10.5. The molecule has 0 aliphatic heterocycles. The van der Waals surface area contributed by atoms with Gasteiger partial charge in [0.05, 0.1) is 0 Å². The Morgan fingerprint density at radius 3 is 0.700 bits per heavy atom. The zero-order chi connectivity index (χ0) is 22.8. The Balaban J connectivity index is 0.00000129. The van der Waals surface area contributed by atoms with Crippen LogP contribution >= 0.6 is 18.5 Å². The van der Waals surface area contributed by atoms with Gasteiger partial charge in [-0.15, -0.1) is 18.5 Å². The minimum absolute atomic E-state index is 1.00. The van der Waals surface area contributed by atoms with E-state index in [1.54, 1.807) is 0 Å². The van der Waals surface area contributed by atoms with Crippen molar-refractivity contribution in [2.24, 2.45) is 0 Å². The smallest absolute Gasteiger partial charge is 0.00258 e. The average Bonchev–Trinajstić information content (AvgIpc) is 2.85. The highest BCUT2D eigenvalue weighted by molar-refractivity contribution is 7.15. The normalized spacial score (nSPS) is 9.20. The second kappa shape index (κ2) is 18.3. The van der Waals surface area contributed by atoms with Gasteiger partial charge in [-0.05, 0) is 58.5 Å². The zero-order valence-corrected chi connectivity index (χ0v) is 22.2. The van der Waals surface area contributed by atoms with Gasteiger partial charge < -0.3 is 0 Å². The van der Waals surface area contributed by atoms with Gasteiger partial charge in [-0.2, -0.15) is 0 Å². The second-order valence-corrected chi connectivity index (χ2v) is 7.03. The minimum Gasteiger partial charge on any atom is -0.133 e. The average molecular weight is 441 g/mol. The molecule has 0 aliphatic carbocycles. The molecular formula is C28H42P2. The van der Waals surface area contributed by atoms with E-state index in [-0.39, 0.29) is 0 Å². The first-order chi connectivity index (χ1) is 14.8. The Hall–Kier alpha value is -1.48. The highest BCUT2D eigenvalue weighted by Crippen LogP contribution is 2.16. The van der Waals surface area contributed by atoms with Crippen LogP contribution in [0.3, 0.4) is 0 Å². The lowest BCUT2D eigenvalue weighted by atomic mass is 9.99. The van der Waals surface area contributed by atoms with Gasteiger partial charge in [-0.1, -0.05) is 114 Å². The number of hydrogen-bond acceptors (Lipinski definition) is 0. The summed E-state index contributed by atoms with van der Waals surface area (Å²) in [5.74, 6) is 0. The maximum Gasteiger partial charge on any atom is -0.00258 e. The van der Waals surface area contributed by atoms with Crippen LogP contribution in [0.5, 0.6) is 0 Å². The molecule has 3 rings (SSSR count). The van der Waals surface area contributed by atoms with Gasteiger partial charge in [-0.3, -0.25) is 0 Å². The summed E-state index contributed by atoms with van der Waals surface area (Å²) < 4.78 is 0. The summed E-state index contributed by atoms with van der Waals surface area (Å²) in [5, 5.41) is 0. The fourth-order valence-corrected chi connectivity index (χ4v) is 3.38. The van der Waals surface area contributed by atoms with E-state index in [1.807, 2.05) is 41.5 Å². The van der Waals surface area contributed by atoms with E-state index in [0.717, 1.165) is 25.2 Å². The molecule has 30 heavy (non-hydrogen) atoms. The van der Waals surface area contributed by atoms with Crippen molar-refractivity contribution in [3.63, 3.8) is 0 Å². The van der Waals surface area contributed by atoms with Gasteiger partial charge >= 0.3 is 0 Å². The van der Waals surface area contributed by atoms with Gasteiger partial charge in [0, 0.05) is 0 Å². The molecule has 0 fully saturated rings. The van der Waals surface area contributed by atoms with Crippen molar-refractivity contribution in [3.8, 4) is 0 Å². The van der Waals surface area contributed by atoms with Crippen LogP contribution in [0.1, 0.15) is 74.9 Å². The summed E-state index contributed by atoms with van der Waals surface area (Å²) in [5.41, 5.74) is 8.22. The van der Waals surface area contributed by atoms with Crippen molar-refractivity contribution >= 4 is 18.5 Å². The summed E-state index contributed by atoms with van der Waals surface area (Å²) in [6, 6.07) is 26.9. The van der Waals surface area contributed by atoms with Crippen LogP contribution in [0.25, 0.3) is 0 Å². The topological polar surface area (TPSA) is 0 Å². The van der Waals surface area contributed by atoms with E-state index in [2.05, 4.69) is 91.3 Å². The Morgan fingerprint density at radius 1 is 0.367 bits per heavy atom. The largest absolute Gasteiger partial charge is 0.133 e. The van der Waals surface area contributed by atoms with Crippen molar-refractivity contribution in [2.45, 2.75) is 66.7 Å². The molecular weight excluding hydrogens is 398 g/mol. The summed E-state index contributed by atoms with van der Waals surface area (Å²) in [6.07, 6.45) is 4.04. The van der Waals surface area contributed by atoms with Crippen molar-refractivity contribution in [1.29, 1.82) is 0 Å². The molecule has 0 saturated heterocycles. The number of hydrogen-bond donors (Lipinski definition) is 0. The van der Waals surface area contributed by atoms with Gasteiger partial charge in [0.2, 0.25) is 0 Å². The molecule has 0 aromatic heterocycles. The first kappa shape index (κ1) is 28.5. The number of benzene rings is 3. The quantitative estimate of drug-likeness (QED) is 0.336. The molecule has 3 aromatic rings. The van der Waals surface area contributed by atoms with Crippen LogP contribution in [0, 0.1) is 0 Å². The van der Waals surface area contributed by atoms with E-state index in [1.165, 1.54) is 33.4 Å². The van der Waals surface area contributed by atoms with E-state index in [9.17, 15) is 0 Å². The molecule has 0 spiro atoms. The molecule has 0 amide bonds. The van der Waals surface area contributed by atoms with Crippen LogP contribution in [0.2, 0.25) is 0 Å². The molecule has 0 heterocycles. The lowest BCUT2D eigenvalue weighted by molar-refractivity contribution is 1.15. The molecule has 2 atom stereocenters. The van der Waals surface area contributed by atoms with E-state index in [4.69, 9.17) is 0 Å². The molecule has 0 radical (unpaired) electrons. The van der Waals surface area contributed by atoms with Gasteiger partial charge in [0.25, 0.3) is 0 Å². The van der Waals surface area contributed by atoms with Crippen LogP contribution in [0.4, 0.5) is 0 Å². The van der Waals surface area contributed by atoms with Crippen LogP contribution in [-0.4, -0.2) is 0 Å². The van der Waals surface area contributed by atoms with Gasteiger partial charge in [-0.25, -0.2) is 0 Å². The third-order valence-corrected chi connectivity index (χ3v) is 5.30. The molecule has 0 saturated carbocycles. The van der Waals surface area contributed by atoms with E-state index >= 15 is 0 Å². The Kier molecular flexibility index (Phi) is 17.4. The Bertz CT molecular complexity index is 689. The zero-order valence-electron chi connectivity index (χ0n) is 19.9. The maximum atomic E-state index is 2.77. The monoisotopic (exact) mass is 440 g/mol. The summed E-state index contributed by atoms with van der Waals surface area (Å²) in [4.78, 5) is 0. The van der Waals surface area contributed by atoms with Crippen LogP contribution < -0.4 is 0 Å². The Labute approximate surface area is 191 Å². The fraction of sp³-hybridized carbons (Fsp3) is 0.357. The highest BCUT2D eigenvalue weighted by atomic mass is 31.0. The van der Waals surface area contributed by atoms with E-state index in [0.29, 0.717) is 0 Å². The summed E-state index contributed by atoms with van der Waals surface area (Å²) in [7, 11) is 5.54. The number of rotatable bonds is 6. The summed E-state index contributed by atoms with van der Waals surface area (Å²) >= 11 is 0. The maximum absolute atomic E-state index is 2.77. The minimum atomic E-state index is 1.00. The van der Waals surface area contributed by atoms with E-state index < -0.39 is 0 Å². The predicted molar refractivity (Wildman–Crippen MR) is 146 cm³/mol. The van der Waals surface area contributed by atoms with Crippen molar-refractivity contribution < 1.29 is 0 Å². The Morgan fingerprint density at radius 2 is 0.533 bits per heavy atom. The van der Waals surface area contributed by atoms with Crippen molar-refractivity contribution in [2.75, 3.05) is 0 Å². The van der Waals surface area contributed by atoms with Gasteiger partial charge in [0.1, 0.15) is 0 Å². The van der Waals surface area contributed by atoms with Crippen molar-refractivity contribution in [1.82, 2.24) is 0 Å². The third-order valence-electron chi connectivity index (χ3n) is 4.36. The fourth-order valence-electron chi connectivity index (χ4n) is 2.83. The molecule has 3 aromatic carbocycles. The lowest BCUT2D eigenvalue weighted by Crippen LogP contribution is -1.92. The molecule has 0 aliphatic rings. The second-order valence-electron chi connectivity index (χ2n) is 6.21. The SMILES string of the molecule is CC.CC.CC.PCc1ccc(Cc2ccc(Cc3ccc(CP)cc3)cc2)cc1. The summed E-state index contributed by atoms with van der Waals surface area (Å²) in [6.45, 7) is 12.0. The lowest BCUT2D eigenvalue weighted by Gasteiger charge is -2.06. The first-order valence-electron chi connectivity index (χ1n) is 11.4.